The summed E-state index contributed by atoms with van der Waals surface area (Å²) >= 11 is 12.3. The molecule has 0 spiro atoms. The van der Waals surface area contributed by atoms with Crippen LogP contribution in [0.1, 0.15) is 18.4 Å². The van der Waals surface area contributed by atoms with Gasteiger partial charge in [-0.1, -0.05) is 29.3 Å². The van der Waals surface area contributed by atoms with E-state index in [1.165, 1.54) is 6.42 Å². The van der Waals surface area contributed by atoms with E-state index in [1.807, 2.05) is 11.9 Å². The van der Waals surface area contributed by atoms with E-state index in [0.717, 1.165) is 31.6 Å². The predicted octanol–water partition coefficient (Wildman–Crippen LogP) is 3.42. The van der Waals surface area contributed by atoms with Gasteiger partial charge < -0.3 is 10.2 Å². The first-order chi connectivity index (χ1) is 9.61. The number of halogens is 3. The lowest BCUT2D eigenvalue weighted by molar-refractivity contribution is -0.132. The van der Waals surface area contributed by atoms with Gasteiger partial charge in [-0.3, -0.25) is 4.79 Å². The molecule has 1 fully saturated rings. The number of hydrogen-bond acceptors (Lipinski definition) is 2. The quantitative estimate of drug-likeness (QED) is 0.901. The first-order valence-electron chi connectivity index (χ1n) is 6.97. The topological polar surface area (TPSA) is 32.3 Å². The highest BCUT2D eigenvalue weighted by atomic mass is 35.5. The van der Waals surface area contributed by atoms with Crippen LogP contribution in [-0.2, 0) is 11.2 Å². The molecule has 6 heteroatoms. The molecular formula is C15H21Cl3N2O. The smallest absolute Gasteiger partial charge is 0.227 e. The summed E-state index contributed by atoms with van der Waals surface area (Å²) in [4.78, 5) is 14.3. The number of likely N-dealkylation sites (tertiary alicyclic amines) is 1. The number of piperidine rings is 1. The van der Waals surface area contributed by atoms with Crippen LogP contribution in [-0.4, -0.2) is 37.5 Å². The van der Waals surface area contributed by atoms with Crippen molar-refractivity contribution in [2.45, 2.75) is 19.3 Å². The number of rotatable bonds is 4. The average Bonchev–Trinajstić information content (AvgIpc) is 2.43. The van der Waals surface area contributed by atoms with Crippen molar-refractivity contribution in [3.05, 3.63) is 33.8 Å². The molecule has 1 aromatic carbocycles. The molecule has 3 nitrogen and oxygen atoms in total. The van der Waals surface area contributed by atoms with Crippen LogP contribution < -0.4 is 5.32 Å². The monoisotopic (exact) mass is 350 g/mol. The van der Waals surface area contributed by atoms with E-state index in [0.29, 0.717) is 16.0 Å². The molecule has 1 saturated heterocycles. The molecule has 2 rings (SSSR count). The van der Waals surface area contributed by atoms with E-state index in [9.17, 15) is 4.79 Å². The van der Waals surface area contributed by atoms with Crippen LogP contribution in [0.3, 0.4) is 0 Å². The standard InChI is InChI=1S/C15H20Cl2N2O.ClH/c1-18-9-11-4-3-7-19(10-11)15(20)8-12-13(16)5-2-6-14(12)17;/h2,5-6,11,18H,3-4,7-10H2,1H3;1H. The summed E-state index contributed by atoms with van der Waals surface area (Å²) in [5, 5.41) is 4.31. The van der Waals surface area contributed by atoms with Gasteiger partial charge in [0.2, 0.25) is 5.91 Å². The zero-order valence-electron chi connectivity index (χ0n) is 12.1. The van der Waals surface area contributed by atoms with Crippen molar-refractivity contribution >= 4 is 41.5 Å². The van der Waals surface area contributed by atoms with E-state index >= 15 is 0 Å². The van der Waals surface area contributed by atoms with Crippen molar-refractivity contribution in [1.82, 2.24) is 10.2 Å². The van der Waals surface area contributed by atoms with Gasteiger partial charge in [-0.2, -0.15) is 0 Å². The Kier molecular flexibility index (Phi) is 7.82. The van der Waals surface area contributed by atoms with Crippen LogP contribution in [0.15, 0.2) is 18.2 Å². The van der Waals surface area contributed by atoms with E-state index in [2.05, 4.69) is 5.32 Å². The molecule has 1 N–H and O–H groups in total. The molecule has 1 heterocycles. The Balaban J connectivity index is 0.00000220. The SMILES string of the molecule is CNCC1CCCN(C(=O)Cc2c(Cl)cccc2Cl)C1.Cl. The lowest BCUT2D eigenvalue weighted by atomic mass is 9.97. The molecule has 118 valence electrons. The maximum absolute atomic E-state index is 12.4. The Morgan fingerprint density at radius 3 is 2.67 bits per heavy atom. The van der Waals surface area contributed by atoms with Gasteiger partial charge in [0.1, 0.15) is 0 Å². The third-order valence-electron chi connectivity index (χ3n) is 3.75. The highest BCUT2D eigenvalue weighted by molar-refractivity contribution is 6.36. The van der Waals surface area contributed by atoms with Gasteiger partial charge in [0, 0.05) is 23.1 Å². The molecule has 1 aliphatic heterocycles. The van der Waals surface area contributed by atoms with E-state index in [1.54, 1.807) is 18.2 Å². The van der Waals surface area contributed by atoms with Gasteiger partial charge in [0.15, 0.2) is 0 Å². The van der Waals surface area contributed by atoms with Crippen molar-refractivity contribution in [3.63, 3.8) is 0 Å². The van der Waals surface area contributed by atoms with Gasteiger partial charge in [0.25, 0.3) is 0 Å². The second kappa shape index (κ2) is 8.84. The number of carbonyl (C=O) groups excluding carboxylic acids is 1. The van der Waals surface area contributed by atoms with Crippen LogP contribution in [0.2, 0.25) is 10.0 Å². The first kappa shape index (κ1) is 18.6. The summed E-state index contributed by atoms with van der Waals surface area (Å²) in [5.74, 6) is 0.653. The van der Waals surface area contributed by atoms with Crippen LogP contribution in [0.25, 0.3) is 0 Å². The minimum absolute atomic E-state index is 0. The highest BCUT2D eigenvalue weighted by Gasteiger charge is 2.24. The molecule has 1 unspecified atom stereocenters. The zero-order valence-corrected chi connectivity index (χ0v) is 14.4. The number of amides is 1. The fourth-order valence-electron chi connectivity index (χ4n) is 2.71. The van der Waals surface area contributed by atoms with Crippen LogP contribution in [0, 0.1) is 5.92 Å². The van der Waals surface area contributed by atoms with E-state index in [4.69, 9.17) is 23.2 Å². The Hall–Kier alpha value is -0.480. The van der Waals surface area contributed by atoms with Crippen LogP contribution in [0.4, 0.5) is 0 Å². The van der Waals surface area contributed by atoms with Crippen molar-refractivity contribution in [1.29, 1.82) is 0 Å². The molecule has 1 atom stereocenters. The second-order valence-corrected chi connectivity index (χ2v) is 6.10. The van der Waals surface area contributed by atoms with Crippen molar-refractivity contribution < 1.29 is 4.79 Å². The molecule has 21 heavy (non-hydrogen) atoms. The minimum Gasteiger partial charge on any atom is -0.342 e. The van der Waals surface area contributed by atoms with Gasteiger partial charge in [-0.25, -0.2) is 0 Å². The summed E-state index contributed by atoms with van der Waals surface area (Å²) in [6, 6.07) is 5.34. The lowest BCUT2D eigenvalue weighted by Crippen LogP contribution is -2.43. The number of nitrogens with zero attached hydrogens (tertiary/aromatic N) is 1. The lowest BCUT2D eigenvalue weighted by Gasteiger charge is -2.33. The molecule has 1 amide bonds. The number of nitrogens with one attached hydrogen (secondary N) is 1. The molecule has 1 aliphatic rings. The number of benzene rings is 1. The fraction of sp³-hybridized carbons (Fsp3) is 0.533. The largest absolute Gasteiger partial charge is 0.342 e. The molecular weight excluding hydrogens is 331 g/mol. The first-order valence-corrected chi connectivity index (χ1v) is 7.72. The normalized spacial score (nSPS) is 18.2. The summed E-state index contributed by atoms with van der Waals surface area (Å²) in [5.41, 5.74) is 0.733. The highest BCUT2D eigenvalue weighted by Crippen LogP contribution is 2.26. The minimum atomic E-state index is 0. The van der Waals surface area contributed by atoms with E-state index in [-0.39, 0.29) is 24.7 Å². The summed E-state index contributed by atoms with van der Waals surface area (Å²) < 4.78 is 0. The van der Waals surface area contributed by atoms with Crippen molar-refractivity contribution in [2.75, 3.05) is 26.7 Å². The Morgan fingerprint density at radius 2 is 2.05 bits per heavy atom. The molecule has 0 saturated carbocycles. The predicted molar refractivity (Wildman–Crippen MR) is 90.6 cm³/mol. The van der Waals surface area contributed by atoms with Gasteiger partial charge in [0.05, 0.1) is 6.42 Å². The zero-order chi connectivity index (χ0) is 14.5. The molecule has 0 bridgehead atoms. The van der Waals surface area contributed by atoms with Gasteiger partial charge in [-0.15, -0.1) is 12.4 Å². The summed E-state index contributed by atoms with van der Waals surface area (Å²) in [6.45, 7) is 2.61. The molecule has 0 radical (unpaired) electrons. The van der Waals surface area contributed by atoms with Crippen molar-refractivity contribution in [3.8, 4) is 0 Å². The second-order valence-electron chi connectivity index (χ2n) is 5.28. The Bertz CT molecular complexity index is 460. The molecule has 1 aromatic rings. The van der Waals surface area contributed by atoms with E-state index < -0.39 is 0 Å². The summed E-state index contributed by atoms with van der Waals surface area (Å²) in [7, 11) is 1.95. The summed E-state index contributed by atoms with van der Waals surface area (Å²) in [6.07, 6.45) is 2.52. The number of carbonyl (C=O) groups is 1. The molecule has 0 aliphatic carbocycles. The molecule has 0 aromatic heterocycles. The fourth-order valence-corrected chi connectivity index (χ4v) is 3.24. The third kappa shape index (κ3) is 5.03. The van der Waals surface area contributed by atoms with Crippen molar-refractivity contribution in [2.24, 2.45) is 5.92 Å². The number of hydrogen-bond donors (Lipinski definition) is 1. The Morgan fingerprint density at radius 1 is 1.38 bits per heavy atom. The third-order valence-corrected chi connectivity index (χ3v) is 4.46. The van der Waals surface area contributed by atoms with Gasteiger partial charge >= 0.3 is 0 Å². The maximum Gasteiger partial charge on any atom is 0.227 e. The van der Waals surface area contributed by atoms with Crippen LogP contribution >= 0.6 is 35.6 Å². The van der Waals surface area contributed by atoms with Gasteiger partial charge in [-0.05, 0) is 50.0 Å². The Labute approximate surface area is 142 Å². The maximum atomic E-state index is 12.4. The van der Waals surface area contributed by atoms with Crippen LogP contribution in [0.5, 0.6) is 0 Å². The average molecular weight is 352 g/mol.